The molecule has 0 aliphatic carbocycles. The van der Waals surface area contributed by atoms with Crippen molar-refractivity contribution < 1.29 is 9.53 Å². The highest BCUT2D eigenvalue weighted by Gasteiger charge is 2.30. The van der Waals surface area contributed by atoms with Gasteiger partial charge in [-0.1, -0.05) is 108 Å². The molecule has 0 saturated carbocycles. The molecule has 0 saturated heterocycles. The Morgan fingerprint density at radius 2 is 1.19 bits per heavy atom. The van der Waals surface area contributed by atoms with Gasteiger partial charge < -0.3 is 4.74 Å². The lowest BCUT2D eigenvalue weighted by Gasteiger charge is -2.31. The fraction of sp³-hybridized carbons (Fsp3) is 0.367. The van der Waals surface area contributed by atoms with Crippen molar-refractivity contribution in [2.45, 2.75) is 65.2 Å². The lowest BCUT2D eigenvalue weighted by molar-refractivity contribution is 0.101. The molecule has 0 fully saturated rings. The first-order valence-corrected chi connectivity index (χ1v) is 11.3. The van der Waals surface area contributed by atoms with Gasteiger partial charge in [-0.25, -0.2) is 0 Å². The summed E-state index contributed by atoms with van der Waals surface area (Å²) in [5.74, 6) is 1.13. The third-order valence-electron chi connectivity index (χ3n) is 6.05. The summed E-state index contributed by atoms with van der Waals surface area (Å²) in [7, 11) is 1.77. The lowest BCUT2D eigenvalue weighted by atomic mass is 9.75. The van der Waals surface area contributed by atoms with Gasteiger partial charge in [0, 0.05) is 22.6 Å². The number of ether oxygens (including phenoxy) is 1. The van der Waals surface area contributed by atoms with E-state index in [0.29, 0.717) is 0 Å². The zero-order chi connectivity index (χ0) is 23.7. The Bertz CT molecular complexity index is 1040. The molecule has 2 nitrogen and oxygen atoms in total. The Labute approximate surface area is 193 Å². The van der Waals surface area contributed by atoms with Crippen LogP contribution < -0.4 is 4.74 Å². The van der Waals surface area contributed by atoms with Crippen LogP contribution in [0.25, 0.3) is 0 Å². The van der Waals surface area contributed by atoms with Crippen LogP contribution in [0.1, 0.15) is 92.6 Å². The van der Waals surface area contributed by atoms with Crippen LogP contribution >= 0.6 is 0 Å². The Kier molecular flexibility index (Phi) is 6.64. The second-order valence-electron chi connectivity index (χ2n) is 10.7. The van der Waals surface area contributed by atoms with Crippen LogP contribution in [0, 0.1) is 0 Å². The third-order valence-corrected chi connectivity index (χ3v) is 6.05. The first-order chi connectivity index (χ1) is 14.9. The van der Waals surface area contributed by atoms with Crippen molar-refractivity contribution >= 4 is 5.78 Å². The molecule has 0 radical (unpaired) electrons. The molecular weight excluding hydrogens is 392 g/mol. The Morgan fingerprint density at radius 3 is 1.59 bits per heavy atom. The maximum Gasteiger partial charge on any atom is 0.159 e. The minimum absolute atomic E-state index is 0.0605. The van der Waals surface area contributed by atoms with E-state index in [1.54, 1.807) is 14.0 Å². The van der Waals surface area contributed by atoms with Gasteiger partial charge in [0.15, 0.2) is 5.78 Å². The Balaban J connectivity index is 2.32. The van der Waals surface area contributed by atoms with E-state index in [-0.39, 0.29) is 22.5 Å². The summed E-state index contributed by atoms with van der Waals surface area (Å²) in [5, 5.41) is 0. The SMILES string of the molecule is COc1c(C(C)(C)C)cc([C@H](c2ccccc2)c2ccc(C(C)=O)cc2)cc1C(C)(C)C. The number of ketones is 1. The molecular formula is C30H36O2. The maximum absolute atomic E-state index is 11.8. The molecule has 3 aromatic rings. The molecule has 0 unspecified atom stereocenters. The first kappa shape index (κ1) is 23.8. The molecule has 32 heavy (non-hydrogen) atoms. The van der Waals surface area contributed by atoms with E-state index in [0.717, 1.165) is 11.3 Å². The average molecular weight is 429 g/mol. The quantitative estimate of drug-likeness (QED) is 0.308. The van der Waals surface area contributed by atoms with Crippen molar-refractivity contribution in [1.82, 2.24) is 0 Å². The van der Waals surface area contributed by atoms with Gasteiger partial charge in [-0.15, -0.1) is 0 Å². The van der Waals surface area contributed by atoms with Crippen LogP contribution in [-0.2, 0) is 10.8 Å². The fourth-order valence-electron chi connectivity index (χ4n) is 4.29. The summed E-state index contributed by atoms with van der Waals surface area (Å²) in [6.45, 7) is 15.0. The number of hydrogen-bond acceptors (Lipinski definition) is 2. The fourth-order valence-corrected chi connectivity index (χ4v) is 4.29. The van der Waals surface area contributed by atoms with Gasteiger partial charge in [-0.3, -0.25) is 4.79 Å². The highest BCUT2D eigenvalue weighted by molar-refractivity contribution is 5.94. The lowest BCUT2D eigenvalue weighted by Crippen LogP contribution is -2.20. The molecule has 3 aromatic carbocycles. The summed E-state index contributed by atoms with van der Waals surface area (Å²) < 4.78 is 5.98. The monoisotopic (exact) mass is 428 g/mol. The molecule has 3 rings (SSSR count). The second-order valence-corrected chi connectivity index (χ2v) is 10.7. The number of carbonyl (C=O) groups excluding carboxylic acids is 1. The van der Waals surface area contributed by atoms with E-state index in [9.17, 15) is 4.79 Å². The zero-order valence-electron chi connectivity index (χ0n) is 20.7. The van der Waals surface area contributed by atoms with E-state index in [4.69, 9.17) is 4.74 Å². The van der Waals surface area contributed by atoms with E-state index in [2.05, 4.69) is 96.1 Å². The number of benzene rings is 3. The van der Waals surface area contributed by atoms with Gasteiger partial charge in [0.1, 0.15) is 5.75 Å². The predicted octanol–water partition coefficient (Wildman–Crippen LogP) is 7.67. The van der Waals surface area contributed by atoms with Crippen LogP contribution in [-0.4, -0.2) is 12.9 Å². The second kappa shape index (κ2) is 8.94. The van der Waals surface area contributed by atoms with Crippen LogP contribution in [0.4, 0.5) is 0 Å². The van der Waals surface area contributed by atoms with Crippen molar-refractivity contribution in [2.24, 2.45) is 0 Å². The molecule has 1 atom stereocenters. The van der Waals surface area contributed by atoms with Gasteiger partial charge in [-0.05, 0) is 34.4 Å². The minimum atomic E-state index is -0.0684. The zero-order valence-corrected chi connectivity index (χ0v) is 20.7. The summed E-state index contributed by atoms with van der Waals surface area (Å²) >= 11 is 0. The normalized spacial score (nSPS) is 13.0. The third kappa shape index (κ3) is 4.96. The largest absolute Gasteiger partial charge is 0.496 e. The van der Waals surface area contributed by atoms with Gasteiger partial charge in [0.25, 0.3) is 0 Å². The van der Waals surface area contributed by atoms with E-state index < -0.39 is 0 Å². The van der Waals surface area contributed by atoms with Crippen LogP contribution in [0.5, 0.6) is 5.75 Å². The number of hydrogen-bond donors (Lipinski definition) is 0. The minimum Gasteiger partial charge on any atom is -0.496 e. The summed E-state index contributed by atoms with van der Waals surface area (Å²) in [6, 6.07) is 23.3. The Hall–Kier alpha value is -2.87. The molecule has 2 heteroatoms. The predicted molar refractivity (Wildman–Crippen MR) is 134 cm³/mol. The van der Waals surface area contributed by atoms with Crippen molar-refractivity contribution in [1.29, 1.82) is 0 Å². The van der Waals surface area contributed by atoms with Crippen LogP contribution in [0.3, 0.4) is 0 Å². The van der Waals surface area contributed by atoms with Gasteiger partial charge in [-0.2, -0.15) is 0 Å². The van der Waals surface area contributed by atoms with Gasteiger partial charge in [0.2, 0.25) is 0 Å². The molecule has 168 valence electrons. The van der Waals surface area contributed by atoms with Crippen molar-refractivity contribution in [3.63, 3.8) is 0 Å². The molecule has 0 amide bonds. The summed E-state index contributed by atoms with van der Waals surface area (Å²) in [6.07, 6.45) is 0. The number of Topliss-reactive ketones (excluding diaryl/α,β-unsaturated/α-hetero) is 1. The number of carbonyl (C=O) groups is 1. The van der Waals surface area contributed by atoms with E-state index in [1.165, 1.54) is 27.8 Å². The average Bonchev–Trinajstić information content (AvgIpc) is 2.73. The van der Waals surface area contributed by atoms with Gasteiger partial charge in [0.05, 0.1) is 7.11 Å². The van der Waals surface area contributed by atoms with E-state index >= 15 is 0 Å². The number of rotatable bonds is 5. The Morgan fingerprint density at radius 1 is 0.719 bits per heavy atom. The van der Waals surface area contributed by atoms with Crippen molar-refractivity contribution in [3.8, 4) is 5.75 Å². The highest BCUT2D eigenvalue weighted by Crippen LogP contribution is 2.44. The maximum atomic E-state index is 11.8. The topological polar surface area (TPSA) is 26.3 Å². The first-order valence-electron chi connectivity index (χ1n) is 11.3. The molecule has 0 aromatic heterocycles. The highest BCUT2D eigenvalue weighted by atomic mass is 16.5. The molecule has 0 spiro atoms. The van der Waals surface area contributed by atoms with Crippen molar-refractivity contribution in [3.05, 3.63) is 100 Å². The van der Waals surface area contributed by atoms with Crippen LogP contribution in [0.2, 0.25) is 0 Å². The molecule has 0 bridgehead atoms. The number of methoxy groups -OCH3 is 1. The standard InChI is InChI=1S/C30H36O2/c1-20(31)21-14-16-23(17-15-21)27(22-12-10-9-11-13-22)24-18-25(29(2,3)4)28(32-8)26(19-24)30(5,6)7/h9-19,27H,1-8H3/t27-/m1/s1. The molecule has 0 N–H and O–H groups in total. The van der Waals surface area contributed by atoms with Gasteiger partial charge >= 0.3 is 0 Å². The van der Waals surface area contributed by atoms with Crippen molar-refractivity contribution in [2.75, 3.05) is 7.11 Å². The molecule has 0 aliphatic heterocycles. The molecule has 0 heterocycles. The van der Waals surface area contributed by atoms with E-state index in [1.807, 2.05) is 12.1 Å². The summed E-state index contributed by atoms with van der Waals surface area (Å²) in [5.41, 5.74) is 6.66. The van der Waals surface area contributed by atoms with Crippen LogP contribution in [0.15, 0.2) is 66.7 Å². The smallest absolute Gasteiger partial charge is 0.159 e. The summed E-state index contributed by atoms with van der Waals surface area (Å²) in [4.78, 5) is 11.8. The molecule has 0 aliphatic rings.